The van der Waals surface area contributed by atoms with Gasteiger partial charge in [0.2, 0.25) is 5.91 Å². The third-order valence-corrected chi connectivity index (χ3v) is 2.85. The first-order valence-electron chi connectivity index (χ1n) is 4.63. The first-order chi connectivity index (χ1) is 6.77. The van der Waals surface area contributed by atoms with E-state index in [1.807, 2.05) is 6.92 Å². The van der Waals surface area contributed by atoms with Crippen LogP contribution in [0.3, 0.4) is 0 Å². The van der Waals surface area contributed by atoms with Crippen molar-refractivity contribution in [3.05, 3.63) is 16.6 Å². The maximum atomic E-state index is 11.5. The monoisotopic (exact) mass is 213 g/mol. The Morgan fingerprint density at radius 3 is 3.07 bits per heavy atom. The maximum absolute atomic E-state index is 11.5. The van der Waals surface area contributed by atoms with E-state index in [-0.39, 0.29) is 11.8 Å². The van der Waals surface area contributed by atoms with Crippen LogP contribution in [0.1, 0.15) is 18.2 Å². The van der Waals surface area contributed by atoms with Gasteiger partial charge in [-0.25, -0.2) is 0 Å². The lowest BCUT2D eigenvalue weighted by atomic mass is 10.1. The van der Waals surface area contributed by atoms with Crippen molar-refractivity contribution in [1.29, 1.82) is 0 Å². The van der Waals surface area contributed by atoms with E-state index in [0.29, 0.717) is 13.1 Å². The van der Waals surface area contributed by atoms with Crippen LogP contribution in [-0.4, -0.2) is 17.4 Å². The number of nitrogens with one attached hydrogen (secondary N) is 1. The van der Waals surface area contributed by atoms with Crippen molar-refractivity contribution in [2.24, 2.45) is 11.7 Å². The minimum Gasteiger partial charge on any atom is -0.351 e. The summed E-state index contributed by atoms with van der Waals surface area (Å²) in [6.45, 7) is 2.93. The third-order valence-electron chi connectivity index (χ3n) is 2.07. The van der Waals surface area contributed by atoms with Crippen LogP contribution in [0, 0.1) is 5.92 Å². The Morgan fingerprint density at radius 1 is 1.79 bits per heavy atom. The number of hydrogen-bond donors (Lipinski definition) is 2. The largest absolute Gasteiger partial charge is 0.351 e. The molecule has 1 rings (SSSR count). The Balaban J connectivity index is 2.34. The van der Waals surface area contributed by atoms with Gasteiger partial charge >= 0.3 is 0 Å². The zero-order chi connectivity index (χ0) is 10.4. The molecule has 1 atom stereocenters. The molecule has 4 nitrogen and oxygen atoms in total. The summed E-state index contributed by atoms with van der Waals surface area (Å²) in [4.78, 5) is 16.5. The van der Waals surface area contributed by atoms with Gasteiger partial charge in [-0.05, 0) is 6.42 Å². The number of carbonyl (C=O) groups excluding carboxylic acids is 1. The van der Waals surface area contributed by atoms with Gasteiger partial charge < -0.3 is 11.1 Å². The number of rotatable bonds is 5. The first-order valence-corrected chi connectivity index (χ1v) is 5.51. The minimum absolute atomic E-state index is 0.0309. The molecule has 14 heavy (non-hydrogen) atoms. The summed E-state index contributed by atoms with van der Waals surface area (Å²) in [6, 6.07) is 0. The molecular weight excluding hydrogens is 198 g/mol. The van der Waals surface area contributed by atoms with E-state index in [1.54, 1.807) is 11.7 Å². The average Bonchev–Trinajstić information content (AvgIpc) is 2.69. The Morgan fingerprint density at radius 2 is 2.57 bits per heavy atom. The lowest BCUT2D eigenvalue weighted by Crippen LogP contribution is -2.34. The van der Waals surface area contributed by atoms with Gasteiger partial charge in [-0.2, -0.15) is 0 Å². The Hall–Kier alpha value is -0.940. The van der Waals surface area contributed by atoms with Crippen molar-refractivity contribution >= 4 is 17.2 Å². The van der Waals surface area contributed by atoms with E-state index < -0.39 is 0 Å². The summed E-state index contributed by atoms with van der Waals surface area (Å²) in [6.07, 6.45) is 2.54. The van der Waals surface area contributed by atoms with Gasteiger partial charge in [0.15, 0.2) is 0 Å². The molecule has 0 aliphatic rings. The van der Waals surface area contributed by atoms with E-state index in [2.05, 4.69) is 10.3 Å². The van der Waals surface area contributed by atoms with Crippen molar-refractivity contribution in [2.45, 2.75) is 19.9 Å². The van der Waals surface area contributed by atoms with Crippen LogP contribution >= 0.6 is 11.3 Å². The van der Waals surface area contributed by atoms with Gasteiger partial charge in [-0.1, -0.05) is 6.92 Å². The Labute approximate surface area is 87.5 Å². The summed E-state index contributed by atoms with van der Waals surface area (Å²) in [5.41, 5.74) is 7.21. The summed E-state index contributed by atoms with van der Waals surface area (Å²) < 4.78 is 0. The zero-order valence-corrected chi connectivity index (χ0v) is 9.01. The number of aromatic nitrogens is 1. The van der Waals surface area contributed by atoms with Crippen LogP contribution < -0.4 is 11.1 Å². The SMILES string of the molecule is CCC(CN)C(=O)NCc1cncs1. The van der Waals surface area contributed by atoms with Crippen LogP contribution in [0.5, 0.6) is 0 Å². The standard InChI is InChI=1S/C9H15N3OS/c1-2-7(3-10)9(13)12-5-8-4-11-6-14-8/h4,6-7H,2-3,5,10H2,1H3,(H,12,13). The first kappa shape index (κ1) is 11.1. The number of carbonyl (C=O) groups is 1. The van der Waals surface area contributed by atoms with Gasteiger partial charge in [0.25, 0.3) is 0 Å². The van der Waals surface area contributed by atoms with Crippen LogP contribution in [0.25, 0.3) is 0 Å². The second kappa shape index (κ2) is 5.72. The minimum atomic E-state index is -0.0667. The molecule has 78 valence electrons. The van der Waals surface area contributed by atoms with Gasteiger partial charge in [-0.15, -0.1) is 11.3 Å². The number of nitrogens with two attached hydrogens (primary N) is 1. The average molecular weight is 213 g/mol. The quantitative estimate of drug-likeness (QED) is 0.758. The number of hydrogen-bond acceptors (Lipinski definition) is 4. The van der Waals surface area contributed by atoms with Crippen LogP contribution in [0.4, 0.5) is 0 Å². The van der Waals surface area contributed by atoms with Gasteiger partial charge in [0, 0.05) is 23.5 Å². The molecule has 0 aromatic carbocycles. The van der Waals surface area contributed by atoms with Gasteiger partial charge in [0.05, 0.1) is 12.1 Å². The molecule has 1 aromatic heterocycles. The van der Waals surface area contributed by atoms with Crippen molar-refractivity contribution in [3.63, 3.8) is 0 Å². The normalized spacial score (nSPS) is 12.4. The molecule has 0 fully saturated rings. The molecule has 0 aliphatic heterocycles. The van der Waals surface area contributed by atoms with E-state index >= 15 is 0 Å². The fourth-order valence-electron chi connectivity index (χ4n) is 1.11. The van der Waals surface area contributed by atoms with Crippen molar-refractivity contribution in [2.75, 3.05) is 6.54 Å². The fraction of sp³-hybridized carbons (Fsp3) is 0.556. The molecule has 1 heterocycles. The predicted molar refractivity (Wildman–Crippen MR) is 56.8 cm³/mol. The van der Waals surface area contributed by atoms with Crippen molar-refractivity contribution in [1.82, 2.24) is 10.3 Å². The van der Waals surface area contributed by atoms with Crippen molar-refractivity contribution < 1.29 is 4.79 Å². The molecule has 1 amide bonds. The molecular formula is C9H15N3OS. The van der Waals surface area contributed by atoms with E-state index in [1.165, 1.54) is 11.3 Å². The second-order valence-electron chi connectivity index (χ2n) is 3.03. The molecule has 0 saturated heterocycles. The molecule has 0 radical (unpaired) electrons. The molecule has 5 heteroatoms. The highest BCUT2D eigenvalue weighted by Crippen LogP contribution is 2.05. The number of nitrogens with zero attached hydrogens (tertiary/aromatic N) is 1. The van der Waals surface area contributed by atoms with Crippen molar-refractivity contribution in [3.8, 4) is 0 Å². The van der Waals surface area contributed by atoms with E-state index in [9.17, 15) is 4.79 Å². The third kappa shape index (κ3) is 3.08. The Kier molecular flexibility index (Phi) is 4.55. The smallest absolute Gasteiger partial charge is 0.224 e. The maximum Gasteiger partial charge on any atom is 0.224 e. The van der Waals surface area contributed by atoms with Crippen LogP contribution in [0.15, 0.2) is 11.7 Å². The summed E-state index contributed by atoms with van der Waals surface area (Å²) >= 11 is 1.53. The van der Waals surface area contributed by atoms with Gasteiger partial charge in [-0.3, -0.25) is 9.78 Å². The molecule has 0 spiro atoms. The highest BCUT2D eigenvalue weighted by molar-refractivity contribution is 7.09. The molecule has 0 bridgehead atoms. The zero-order valence-electron chi connectivity index (χ0n) is 8.19. The highest BCUT2D eigenvalue weighted by Gasteiger charge is 2.13. The fourth-order valence-corrected chi connectivity index (χ4v) is 1.64. The predicted octanol–water partition coefficient (Wildman–Crippen LogP) is 0.744. The lowest BCUT2D eigenvalue weighted by molar-refractivity contribution is -0.124. The summed E-state index contributed by atoms with van der Waals surface area (Å²) in [7, 11) is 0. The molecule has 3 N–H and O–H groups in total. The van der Waals surface area contributed by atoms with Gasteiger partial charge in [0.1, 0.15) is 0 Å². The van der Waals surface area contributed by atoms with Crippen LogP contribution in [-0.2, 0) is 11.3 Å². The summed E-state index contributed by atoms with van der Waals surface area (Å²) in [5, 5.41) is 2.84. The summed E-state index contributed by atoms with van der Waals surface area (Å²) in [5.74, 6) is -0.0358. The van der Waals surface area contributed by atoms with E-state index in [0.717, 1.165) is 11.3 Å². The van der Waals surface area contributed by atoms with Crippen LogP contribution in [0.2, 0.25) is 0 Å². The topological polar surface area (TPSA) is 68.0 Å². The molecule has 0 aliphatic carbocycles. The number of thiazole rings is 1. The highest BCUT2D eigenvalue weighted by atomic mass is 32.1. The number of amides is 1. The lowest BCUT2D eigenvalue weighted by Gasteiger charge is -2.11. The van der Waals surface area contributed by atoms with E-state index in [4.69, 9.17) is 5.73 Å². The molecule has 1 aromatic rings. The Bertz CT molecular complexity index is 270. The second-order valence-corrected chi connectivity index (χ2v) is 4.00. The molecule has 1 unspecified atom stereocenters. The molecule has 0 saturated carbocycles.